The Morgan fingerprint density at radius 2 is 1.64 bits per heavy atom. The summed E-state index contributed by atoms with van der Waals surface area (Å²) in [6.07, 6.45) is 3.95. The highest BCUT2D eigenvalue weighted by atomic mass is 16.1. The third-order valence-corrected chi connectivity index (χ3v) is 3.67. The molecule has 1 N–H and O–H groups in total. The summed E-state index contributed by atoms with van der Waals surface area (Å²) in [4.78, 5) is 12.4. The van der Waals surface area contributed by atoms with Crippen LogP contribution < -0.4 is 5.32 Å². The smallest absolute Gasteiger partial charge is 0.255 e. The second-order valence-corrected chi connectivity index (χ2v) is 5.41. The van der Waals surface area contributed by atoms with E-state index in [4.69, 9.17) is 0 Å². The van der Waals surface area contributed by atoms with Crippen LogP contribution in [-0.4, -0.2) is 10.5 Å². The first-order valence-corrected chi connectivity index (χ1v) is 7.25. The summed E-state index contributed by atoms with van der Waals surface area (Å²) >= 11 is 0. The number of carbonyl (C=O) groups is 1. The lowest BCUT2D eigenvalue weighted by Gasteiger charge is -2.10. The first-order chi connectivity index (χ1) is 10.6. The number of carbonyl (C=O) groups excluding carboxylic acids is 1. The number of anilines is 1. The van der Waals surface area contributed by atoms with E-state index in [-0.39, 0.29) is 5.91 Å². The summed E-state index contributed by atoms with van der Waals surface area (Å²) in [6, 6.07) is 17.6. The molecular weight excluding hydrogens is 272 g/mol. The van der Waals surface area contributed by atoms with Crippen LogP contribution in [0.4, 0.5) is 5.69 Å². The highest BCUT2D eigenvalue weighted by Crippen LogP contribution is 2.18. The Morgan fingerprint density at radius 1 is 0.955 bits per heavy atom. The third kappa shape index (κ3) is 2.93. The second-order valence-electron chi connectivity index (χ2n) is 5.41. The van der Waals surface area contributed by atoms with Crippen LogP contribution in [0.5, 0.6) is 0 Å². The van der Waals surface area contributed by atoms with Crippen LogP contribution in [0.3, 0.4) is 0 Å². The lowest BCUT2D eigenvalue weighted by atomic mass is 10.1. The Morgan fingerprint density at radius 3 is 2.32 bits per heavy atom. The minimum atomic E-state index is -0.0900. The number of hydrogen-bond acceptors (Lipinski definition) is 1. The molecule has 0 spiro atoms. The predicted octanol–water partition coefficient (Wildman–Crippen LogP) is 4.35. The van der Waals surface area contributed by atoms with Crippen molar-refractivity contribution in [3.05, 3.63) is 83.7 Å². The molecule has 0 unspecified atom stereocenters. The van der Waals surface area contributed by atoms with Gasteiger partial charge in [-0.3, -0.25) is 4.79 Å². The number of amides is 1. The molecule has 3 aromatic rings. The molecule has 2 aromatic carbocycles. The molecule has 0 saturated carbocycles. The van der Waals surface area contributed by atoms with Crippen molar-refractivity contribution in [3.8, 4) is 5.69 Å². The molecule has 0 fully saturated rings. The number of nitrogens with one attached hydrogen (secondary N) is 1. The maximum absolute atomic E-state index is 12.4. The van der Waals surface area contributed by atoms with Gasteiger partial charge in [-0.25, -0.2) is 0 Å². The van der Waals surface area contributed by atoms with E-state index in [9.17, 15) is 4.79 Å². The van der Waals surface area contributed by atoms with Gasteiger partial charge >= 0.3 is 0 Å². The summed E-state index contributed by atoms with van der Waals surface area (Å²) in [5.74, 6) is -0.0900. The fourth-order valence-electron chi connectivity index (χ4n) is 2.36. The number of aromatic nitrogens is 1. The number of rotatable bonds is 3. The van der Waals surface area contributed by atoms with Gasteiger partial charge < -0.3 is 9.88 Å². The van der Waals surface area contributed by atoms with Crippen LogP contribution in [0.15, 0.2) is 67.0 Å². The average Bonchev–Trinajstić information content (AvgIpc) is 3.05. The minimum absolute atomic E-state index is 0.0900. The summed E-state index contributed by atoms with van der Waals surface area (Å²) < 4.78 is 2.01. The van der Waals surface area contributed by atoms with Gasteiger partial charge in [0.15, 0.2) is 0 Å². The van der Waals surface area contributed by atoms with Gasteiger partial charge in [0.2, 0.25) is 0 Å². The third-order valence-electron chi connectivity index (χ3n) is 3.67. The van der Waals surface area contributed by atoms with E-state index in [1.165, 1.54) is 0 Å². The zero-order valence-corrected chi connectivity index (χ0v) is 12.7. The van der Waals surface area contributed by atoms with Gasteiger partial charge in [-0.05, 0) is 67.4 Å². The van der Waals surface area contributed by atoms with Crippen LogP contribution in [0, 0.1) is 13.8 Å². The Kier molecular flexibility index (Phi) is 3.79. The summed E-state index contributed by atoms with van der Waals surface area (Å²) in [7, 11) is 0. The van der Waals surface area contributed by atoms with E-state index in [0.717, 1.165) is 22.5 Å². The molecule has 110 valence electrons. The molecule has 0 aliphatic heterocycles. The van der Waals surface area contributed by atoms with Crippen LogP contribution in [0.2, 0.25) is 0 Å². The molecule has 0 saturated heterocycles. The molecule has 1 aromatic heterocycles. The zero-order chi connectivity index (χ0) is 15.5. The van der Waals surface area contributed by atoms with Crippen LogP contribution in [0.1, 0.15) is 21.5 Å². The van der Waals surface area contributed by atoms with E-state index >= 15 is 0 Å². The lowest BCUT2D eigenvalue weighted by molar-refractivity contribution is 0.102. The van der Waals surface area contributed by atoms with Crippen molar-refractivity contribution in [2.24, 2.45) is 0 Å². The Balaban J connectivity index is 1.79. The second kappa shape index (κ2) is 5.90. The van der Waals surface area contributed by atoms with Crippen molar-refractivity contribution in [2.75, 3.05) is 5.32 Å². The number of nitrogens with zero attached hydrogens (tertiary/aromatic N) is 1. The summed E-state index contributed by atoms with van der Waals surface area (Å²) in [6.45, 7) is 4.01. The molecule has 3 rings (SSSR count). The monoisotopic (exact) mass is 290 g/mol. The normalized spacial score (nSPS) is 10.5. The van der Waals surface area contributed by atoms with E-state index in [2.05, 4.69) is 5.32 Å². The lowest BCUT2D eigenvalue weighted by Crippen LogP contribution is -2.13. The first-order valence-electron chi connectivity index (χ1n) is 7.25. The van der Waals surface area contributed by atoms with Crippen LogP contribution in [0.25, 0.3) is 5.69 Å². The largest absolute Gasteiger partial charge is 0.324 e. The molecule has 0 atom stereocenters. The standard InChI is InChI=1S/C19H18N2O/c1-14-5-6-15(2)18(13-14)20-19(22)16-7-9-17(10-8-16)21-11-3-4-12-21/h3-13H,1-2H3,(H,20,22). The van der Waals surface area contributed by atoms with Gasteiger partial charge in [0.1, 0.15) is 0 Å². The maximum Gasteiger partial charge on any atom is 0.255 e. The number of aryl methyl sites for hydroxylation is 2. The molecular formula is C19H18N2O. The Hall–Kier alpha value is -2.81. The number of hydrogen-bond donors (Lipinski definition) is 1. The van der Waals surface area contributed by atoms with Gasteiger partial charge in [-0.2, -0.15) is 0 Å². The summed E-state index contributed by atoms with van der Waals surface area (Å²) in [5, 5.41) is 2.98. The molecule has 0 aliphatic carbocycles. The molecule has 22 heavy (non-hydrogen) atoms. The average molecular weight is 290 g/mol. The zero-order valence-electron chi connectivity index (χ0n) is 12.7. The first kappa shape index (κ1) is 14.1. The van der Waals surface area contributed by atoms with Crippen LogP contribution in [-0.2, 0) is 0 Å². The molecule has 3 nitrogen and oxygen atoms in total. The van der Waals surface area contributed by atoms with Gasteiger partial charge in [0.25, 0.3) is 5.91 Å². The topological polar surface area (TPSA) is 34.0 Å². The van der Waals surface area contributed by atoms with E-state index in [1.807, 2.05) is 85.4 Å². The fraction of sp³-hybridized carbons (Fsp3) is 0.105. The minimum Gasteiger partial charge on any atom is -0.324 e. The highest BCUT2D eigenvalue weighted by molar-refractivity contribution is 6.04. The maximum atomic E-state index is 12.4. The van der Waals surface area contributed by atoms with E-state index in [1.54, 1.807) is 0 Å². The van der Waals surface area contributed by atoms with Crippen LogP contribution >= 0.6 is 0 Å². The van der Waals surface area contributed by atoms with Crippen molar-refractivity contribution in [1.82, 2.24) is 4.57 Å². The van der Waals surface area contributed by atoms with E-state index < -0.39 is 0 Å². The SMILES string of the molecule is Cc1ccc(C)c(NC(=O)c2ccc(-n3cccc3)cc2)c1. The van der Waals surface area contributed by atoms with Crippen molar-refractivity contribution in [2.45, 2.75) is 13.8 Å². The molecule has 0 aliphatic rings. The quantitative estimate of drug-likeness (QED) is 0.764. The molecule has 0 bridgehead atoms. The molecule has 3 heteroatoms. The van der Waals surface area contributed by atoms with Crippen molar-refractivity contribution in [3.63, 3.8) is 0 Å². The van der Waals surface area contributed by atoms with Crippen molar-refractivity contribution >= 4 is 11.6 Å². The van der Waals surface area contributed by atoms with Crippen molar-refractivity contribution in [1.29, 1.82) is 0 Å². The van der Waals surface area contributed by atoms with Crippen molar-refractivity contribution < 1.29 is 4.79 Å². The van der Waals surface area contributed by atoms with E-state index in [0.29, 0.717) is 5.56 Å². The Labute approximate surface area is 130 Å². The van der Waals surface area contributed by atoms with Gasteiger partial charge in [-0.15, -0.1) is 0 Å². The van der Waals surface area contributed by atoms with Gasteiger partial charge in [0.05, 0.1) is 0 Å². The molecule has 0 radical (unpaired) electrons. The number of benzene rings is 2. The molecule has 1 heterocycles. The summed E-state index contributed by atoms with van der Waals surface area (Å²) in [5.41, 5.74) is 4.73. The van der Waals surface area contributed by atoms with Gasteiger partial charge in [-0.1, -0.05) is 12.1 Å². The fourth-order valence-corrected chi connectivity index (χ4v) is 2.36. The van der Waals surface area contributed by atoms with Gasteiger partial charge in [0, 0.05) is 29.3 Å². The molecule has 1 amide bonds. The predicted molar refractivity (Wildman–Crippen MR) is 89.6 cm³/mol. The highest BCUT2D eigenvalue weighted by Gasteiger charge is 2.08. The Bertz CT molecular complexity index is 787.